The maximum atomic E-state index is 13.3. The van der Waals surface area contributed by atoms with Gasteiger partial charge in [0.2, 0.25) is 20.0 Å². The summed E-state index contributed by atoms with van der Waals surface area (Å²) in [6.07, 6.45) is 0. The minimum Gasteiger partial charge on any atom is -0.465 e. The first kappa shape index (κ1) is 23.4. The van der Waals surface area contributed by atoms with Crippen LogP contribution in [0.5, 0.6) is 0 Å². The molecule has 0 aromatic carbocycles. The number of rotatable bonds is 5. The largest absolute Gasteiger partial charge is 0.465 e. The van der Waals surface area contributed by atoms with E-state index in [4.69, 9.17) is 9.15 Å². The van der Waals surface area contributed by atoms with Crippen molar-refractivity contribution in [3.05, 3.63) is 28.5 Å². The van der Waals surface area contributed by atoms with Crippen LogP contribution in [-0.2, 0) is 31.8 Å². The summed E-state index contributed by atoms with van der Waals surface area (Å²) in [5.41, 5.74) is 0.763. The number of esters is 1. The van der Waals surface area contributed by atoms with Gasteiger partial charge in [0.05, 0.1) is 18.5 Å². The van der Waals surface area contributed by atoms with E-state index >= 15 is 0 Å². The van der Waals surface area contributed by atoms with Gasteiger partial charge in [0.15, 0.2) is 0 Å². The standard InChI is InChI=1S/C18H26N4O7S2/c1-11-16(12(2)20(5)19-11)30(24,25)21-7-9-22(10-8-21)31(26,27)17-14(4)29-13(3)15(17)18(23)28-6/h7-10H2,1-6H3. The molecule has 3 rings (SSSR count). The molecular formula is C18H26N4O7S2. The van der Waals surface area contributed by atoms with E-state index in [0.29, 0.717) is 11.4 Å². The second-order valence-electron chi connectivity index (χ2n) is 7.34. The number of methoxy groups -OCH3 is 1. The van der Waals surface area contributed by atoms with Crippen LogP contribution in [0.15, 0.2) is 14.2 Å². The average Bonchev–Trinajstić information content (AvgIpc) is 3.15. The van der Waals surface area contributed by atoms with Gasteiger partial charge in [0.25, 0.3) is 0 Å². The number of sulfonamides is 2. The molecule has 0 spiro atoms. The van der Waals surface area contributed by atoms with Crippen molar-refractivity contribution in [2.24, 2.45) is 7.05 Å². The number of hydrogen-bond acceptors (Lipinski definition) is 8. The van der Waals surface area contributed by atoms with Crippen LogP contribution in [0.1, 0.15) is 33.3 Å². The molecule has 2 aromatic heterocycles. The van der Waals surface area contributed by atoms with Crippen molar-refractivity contribution in [1.82, 2.24) is 18.4 Å². The molecule has 11 nitrogen and oxygen atoms in total. The van der Waals surface area contributed by atoms with Crippen LogP contribution in [0.4, 0.5) is 0 Å². The van der Waals surface area contributed by atoms with Crippen LogP contribution >= 0.6 is 0 Å². The van der Waals surface area contributed by atoms with Crippen molar-refractivity contribution in [3.8, 4) is 0 Å². The average molecular weight is 475 g/mol. The van der Waals surface area contributed by atoms with Crippen LogP contribution in [-0.4, -0.2) is 74.5 Å². The van der Waals surface area contributed by atoms with E-state index in [-0.39, 0.29) is 53.1 Å². The highest BCUT2D eigenvalue weighted by atomic mass is 32.2. The molecule has 13 heteroatoms. The Balaban J connectivity index is 1.88. The first-order valence-electron chi connectivity index (χ1n) is 9.52. The van der Waals surface area contributed by atoms with Gasteiger partial charge < -0.3 is 9.15 Å². The minimum absolute atomic E-state index is 0.0290. The SMILES string of the molecule is COC(=O)c1c(C)oc(C)c1S(=O)(=O)N1CCN(S(=O)(=O)c2c(C)nn(C)c2C)CC1. The molecule has 0 amide bonds. The molecule has 1 fully saturated rings. The molecule has 3 heterocycles. The van der Waals surface area contributed by atoms with Crippen LogP contribution in [0.25, 0.3) is 0 Å². The summed E-state index contributed by atoms with van der Waals surface area (Å²) in [6.45, 7) is 6.05. The van der Waals surface area contributed by atoms with Crippen LogP contribution in [0.2, 0.25) is 0 Å². The fraction of sp³-hybridized carbons (Fsp3) is 0.556. The Hall–Kier alpha value is -2.22. The second-order valence-corrected chi connectivity index (χ2v) is 11.1. The lowest BCUT2D eigenvalue weighted by Crippen LogP contribution is -2.50. The molecule has 0 saturated carbocycles. The molecule has 1 saturated heterocycles. The summed E-state index contributed by atoms with van der Waals surface area (Å²) in [5, 5.41) is 4.16. The number of nitrogens with zero attached hydrogens (tertiary/aromatic N) is 4. The quantitative estimate of drug-likeness (QED) is 0.579. The van der Waals surface area contributed by atoms with Gasteiger partial charge in [-0.1, -0.05) is 0 Å². The summed E-state index contributed by atoms with van der Waals surface area (Å²) in [5.74, 6) is -0.585. The van der Waals surface area contributed by atoms with Gasteiger partial charge in [0.1, 0.15) is 26.9 Å². The molecule has 0 atom stereocenters. The molecular weight excluding hydrogens is 448 g/mol. The zero-order valence-corrected chi connectivity index (χ0v) is 19.9. The fourth-order valence-corrected chi connectivity index (χ4v) is 7.46. The molecule has 31 heavy (non-hydrogen) atoms. The third-order valence-electron chi connectivity index (χ3n) is 5.43. The first-order valence-corrected chi connectivity index (χ1v) is 12.4. The second kappa shape index (κ2) is 8.04. The molecule has 0 bridgehead atoms. The number of ether oxygens (including phenoxy) is 1. The lowest BCUT2D eigenvalue weighted by molar-refractivity contribution is 0.0594. The number of hydrogen-bond donors (Lipinski definition) is 0. The summed E-state index contributed by atoms with van der Waals surface area (Å²) in [6, 6.07) is 0. The van der Waals surface area contributed by atoms with Gasteiger partial charge in [-0.05, 0) is 27.7 Å². The molecule has 0 unspecified atom stereocenters. The molecule has 0 aliphatic carbocycles. The predicted octanol–water partition coefficient (Wildman–Crippen LogP) is 0.729. The normalized spacial score (nSPS) is 16.6. The first-order chi connectivity index (χ1) is 14.3. The summed E-state index contributed by atoms with van der Waals surface area (Å²) in [7, 11) is -5.11. The number of carbonyl (C=O) groups excluding carboxylic acids is 1. The highest BCUT2D eigenvalue weighted by molar-refractivity contribution is 7.89. The van der Waals surface area contributed by atoms with E-state index in [1.807, 2.05) is 0 Å². The monoisotopic (exact) mass is 474 g/mol. The van der Waals surface area contributed by atoms with Crippen molar-refractivity contribution in [3.63, 3.8) is 0 Å². The summed E-state index contributed by atoms with van der Waals surface area (Å²) >= 11 is 0. The number of furan rings is 1. The molecule has 0 radical (unpaired) electrons. The lowest BCUT2D eigenvalue weighted by Gasteiger charge is -2.33. The number of aromatic nitrogens is 2. The fourth-order valence-electron chi connectivity index (χ4n) is 3.85. The summed E-state index contributed by atoms with van der Waals surface area (Å²) in [4.78, 5) is 12.0. The Morgan fingerprint density at radius 3 is 1.81 bits per heavy atom. The minimum atomic E-state index is -4.10. The van der Waals surface area contributed by atoms with Crippen molar-refractivity contribution >= 4 is 26.0 Å². The predicted molar refractivity (Wildman–Crippen MR) is 110 cm³/mol. The number of piperazine rings is 1. The van der Waals surface area contributed by atoms with E-state index in [1.54, 1.807) is 20.9 Å². The van der Waals surface area contributed by atoms with Crippen molar-refractivity contribution in [2.45, 2.75) is 37.5 Å². The van der Waals surface area contributed by atoms with Gasteiger partial charge in [-0.25, -0.2) is 21.6 Å². The Labute approximate surface area is 181 Å². The lowest BCUT2D eigenvalue weighted by atomic mass is 10.2. The van der Waals surface area contributed by atoms with E-state index in [9.17, 15) is 21.6 Å². The number of aryl methyl sites for hydroxylation is 4. The van der Waals surface area contributed by atoms with Crippen LogP contribution in [0.3, 0.4) is 0 Å². The maximum Gasteiger partial charge on any atom is 0.342 e. The Bertz CT molecular complexity index is 1230. The zero-order valence-electron chi connectivity index (χ0n) is 18.3. The van der Waals surface area contributed by atoms with Crippen LogP contribution < -0.4 is 0 Å². The highest BCUT2D eigenvalue weighted by Gasteiger charge is 2.40. The van der Waals surface area contributed by atoms with Gasteiger partial charge in [0, 0.05) is 33.2 Å². The Kier molecular flexibility index (Phi) is 6.08. The molecule has 1 aliphatic rings. The van der Waals surface area contributed by atoms with Gasteiger partial charge in [-0.3, -0.25) is 4.68 Å². The third kappa shape index (κ3) is 3.79. The molecule has 172 valence electrons. The smallest absolute Gasteiger partial charge is 0.342 e. The molecule has 1 aliphatic heterocycles. The van der Waals surface area contributed by atoms with Crippen molar-refractivity contribution < 1.29 is 30.8 Å². The zero-order chi connectivity index (χ0) is 23.3. The topological polar surface area (TPSA) is 132 Å². The van der Waals surface area contributed by atoms with Gasteiger partial charge >= 0.3 is 5.97 Å². The van der Waals surface area contributed by atoms with Crippen molar-refractivity contribution in [1.29, 1.82) is 0 Å². The highest BCUT2D eigenvalue weighted by Crippen LogP contribution is 2.31. The van der Waals surface area contributed by atoms with E-state index in [1.165, 1.54) is 22.8 Å². The van der Waals surface area contributed by atoms with Crippen LogP contribution in [0, 0.1) is 27.7 Å². The van der Waals surface area contributed by atoms with Crippen molar-refractivity contribution in [2.75, 3.05) is 33.3 Å². The van der Waals surface area contributed by atoms with E-state index < -0.39 is 26.0 Å². The van der Waals surface area contributed by atoms with Gasteiger partial charge in [-0.15, -0.1) is 0 Å². The van der Waals surface area contributed by atoms with Gasteiger partial charge in [-0.2, -0.15) is 13.7 Å². The van der Waals surface area contributed by atoms with E-state index in [0.717, 1.165) is 11.4 Å². The Morgan fingerprint density at radius 2 is 1.39 bits per heavy atom. The molecule has 0 N–H and O–H groups in total. The molecule has 2 aromatic rings. The Morgan fingerprint density at radius 1 is 0.903 bits per heavy atom. The van der Waals surface area contributed by atoms with E-state index in [2.05, 4.69) is 5.10 Å². The summed E-state index contributed by atoms with van der Waals surface area (Å²) < 4.78 is 66.8. The maximum absolute atomic E-state index is 13.3. The third-order valence-corrected chi connectivity index (χ3v) is 9.63. The number of carbonyl (C=O) groups is 1.